The van der Waals surface area contributed by atoms with E-state index in [1.54, 1.807) is 43.3 Å². The molecule has 0 saturated heterocycles. The summed E-state index contributed by atoms with van der Waals surface area (Å²) >= 11 is 0. The van der Waals surface area contributed by atoms with Gasteiger partial charge in [0.2, 0.25) is 5.90 Å². The summed E-state index contributed by atoms with van der Waals surface area (Å²) in [5.41, 5.74) is 1.57. The van der Waals surface area contributed by atoms with Crippen molar-refractivity contribution in [2.24, 2.45) is 4.99 Å². The summed E-state index contributed by atoms with van der Waals surface area (Å²) in [5, 5.41) is 11.1. The van der Waals surface area contributed by atoms with Crippen molar-refractivity contribution in [2.45, 2.75) is 13.8 Å². The van der Waals surface area contributed by atoms with Crippen molar-refractivity contribution in [3.63, 3.8) is 0 Å². The van der Waals surface area contributed by atoms with Gasteiger partial charge in [0.25, 0.3) is 5.69 Å². The number of hydrogen-bond acceptors (Lipinski definition) is 7. The number of hydrogen-bond donors (Lipinski definition) is 0. The van der Waals surface area contributed by atoms with Gasteiger partial charge in [0, 0.05) is 17.2 Å². The topological polar surface area (TPSA) is 100 Å². The van der Waals surface area contributed by atoms with Gasteiger partial charge in [0.1, 0.15) is 0 Å². The minimum Gasteiger partial charge on any atom is -0.493 e. The van der Waals surface area contributed by atoms with E-state index in [1.807, 2.05) is 6.92 Å². The smallest absolute Gasteiger partial charge is 0.363 e. The molecule has 2 aromatic rings. The van der Waals surface area contributed by atoms with Gasteiger partial charge >= 0.3 is 5.97 Å². The number of aliphatic imine (C=N–C) groups is 1. The number of nitrogens with zero attached hydrogens (tertiary/aromatic N) is 2. The first-order chi connectivity index (χ1) is 13.4. The number of esters is 1. The van der Waals surface area contributed by atoms with Gasteiger partial charge in [-0.05, 0) is 43.7 Å². The first-order valence-corrected chi connectivity index (χ1v) is 8.51. The number of carbonyl (C=O) groups is 1. The molecule has 0 N–H and O–H groups in total. The van der Waals surface area contributed by atoms with Crippen LogP contribution < -0.4 is 9.47 Å². The Morgan fingerprint density at radius 1 is 1.21 bits per heavy atom. The van der Waals surface area contributed by atoms with E-state index in [0.717, 1.165) is 0 Å². The summed E-state index contributed by atoms with van der Waals surface area (Å²) in [6.45, 7) is 4.00. The summed E-state index contributed by atoms with van der Waals surface area (Å²) in [6.07, 6.45) is 1.55. The van der Waals surface area contributed by atoms with Gasteiger partial charge in [-0.2, -0.15) is 0 Å². The molecule has 0 amide bonds. The first kappa shape index (κ1) is 19.1. The molecular formula is C20H18N2O6. The number of aryl methyl sites for hydroxylation is 1. The van der Waals surface area contributed by atoms with Gasteiger partial charge < -0.3 is 14.2 Å². The fourth-order valence-corrected chi connectivity index (χ4v) is 2.68. The van der Waals surface area contributed by atoms with E-state index in [-0.39, 0.29) is 17.3 Å². The third kappa shape index (κ3) is 3.85. The largest absolute Gasteiger partial charge is 0.493 e. The zero-order valence-electron chi connectivity index (χ0n) is 15.6. The quantitative estimate of drug-likeness (QED) is 0.327. The van der Waals surface area contributed by atoms with Crippen molar-refractivity contribution in [1.29, 1.82) is 0 Å². The van der Waals surface area contributed by atoms with Gasteiger partial charge in [0.05, 0.1) is 18.6 Å². The second-order valence-corrected chi connectivity index (χ2v) is 5.94. The Labute approximate surface area is 161 Å². The monoisotopic (exact) mass is 382 g/mol. The molecule has 1 heterocycles. The van der Waals surface area contributed by atoms with Crippen molar-refractivity contribution in [3.8, 4) is 11.5 Å². The maximum Gasteiger partial charge on any atom is 0.363 e. The highest BCUT2D eigenvalue weighted by molar-refractivity contribution is 6.13. The van der Waals surface area contributed by atoms with E-state index in [4.69, 9.17) is 14.2 Å². The van der Waals surface area contributed by atoms with Crippen LogP contribution in [0.4, 0.5) is 5.69 Å². The molecule has 144 valence electrons. The minimum atomic E-state index is -0.633. The molecule has 1 aliphatic rings. The van der Waals surface area contributed by atoms with Crippen LogP contribution in [0.5, 0.6) is 11.5 Å². The molecule has 0 spiro atoms. The van der Waals surface area contributed by atoms with Crippen LogP contribution in [0.2, 0.25) is 0 Å². The maximum atomic E-state index is 12.2. The highest BCUT2D eigenvalue weighted by Crippen LogP contribution is 2.30. The highest BCUT2D eigenvalue weighted by Gasteiger charge is 2.26. The van der Waals surface area contributed by atoms with Crippen LogP contribution in [0.1, 0.15) is 23.6 Å². The maximum absolute atomic E-state index is 12.2. The lowest BCUT2D eigenvalue weighted by atomic mass is 10.1. The molecule has 8 nitrogen and oxygen atoms in total. The van der Waals surface area contributed by atoms with E-state index in [0.29, 0.717) is 34.8 Å². The molecule has 0 unspecified atom stereocenters. The van der Waals surface area contributed by atoms with E-state index >= 15 is 0 Å². The lowest BCUT2D eigenvalue weighted by Gasteiger charge is -2.09. The van der Waals surface area contributed by atoms with Crippen LogP contribution in [0.15, 0.2) is 47.1 Å². The Morgan fingerprint density at radius 3 is 2.68 bits per heavy atom. The molecule has 0 radical (unpaired) electrons. The minimum absolute atomic E-state index is 0.0252. The van der Waals surface area contributed by atoms with Crippen LogP contribution in [-0.4, -0.2) is 30.5 Å². The Kier molecular flexibility index (Phi) is 5.39. The Hall–Kier alpha value is -3.68. The zero-order chi connectivity index (χ0) is 20.3. The van der Waals surface area contributed by atoms with Crippen LogP contribution in [0.3, 0.4) is 0 Å². The van der Waals surface area contributed by atoms with Crippen molar-refractivity contribution in [2.75, 3.05) is 13.7 Å². The van der Waals surface area contributed by atoms with Crippen LogP contribution >= 0.6 is 0 Å². The number of benzene rings is 2. The zero-order valence-corrected chi connectivity index (χ0v) is 15.6. The molecule has 0 saturated carbocycles. The normalized spacial score (nSPS) is 14.6. The fourth-order valence-electron chi connectivity index (χ4n) is 2.68. The summed E-state index contributed by atoms with van der Waals surface area (Å²) in [6, 6.07) is 9.76. The summed E-state index contributed by atoms with van der Waals surface area (Å²) < 4.78 is 16.0. The number of rotatable bonds is 6. The third-order valence-electron chi connectivity index (χ3n) is 4.06. The molecule has 0 fully saturated rings. The lowest BCUT2D eigenvalue weighted by Crippen LogP contribution is -2.06. The SMILES string of the molecule is CCOc1ccc(/C=C2\N=C(c3ccc(C)c([N+](=O)[O-])c3)OC2=O)cc1OC. The van der Waals surface area contributed by atoms with Gasteiger partial charge in [0.15, 0.2) is 17.2 Å². The molecule has 0 atom stereocenters. The number of nitro groups is 1. The Morgan fingerprint density at radius 2 is 2.00 bits per heavy atom. The molecule has 3 rings (SSSR count). The lowest BCUT2D eigenvalue weighted by molar-refractivity contribution is -0.385. The molecule has 2 aromatic carbocycles. The predicted molar refractivity (Wildman–Crippen MR) is 103 cm³/mol. The standard InChI is InChI=1S/C20H18N2O6/c1-4-27-17-8-6-13(10-18(17)26-3)9-15-20(23)28-19(21-15)14-7-5-12(2)16(11-14)22(24)25/h5-11H,4H2,1-3H3/b15-9-. The second kappa shape index (κ2) is 7.91. The number of methoxy groups -OCH3 is 1. The number of nitro benzene ring substituents is 1. The van der Waals surface area contributed by atoms with E-state index in [1.165, 1.54) is 13.2 Å². The van der Waals surface area contributed by atoms with Crippen molar-refractivity contribution in [1.82, 2.24) is 0 Å². The average Bonchev–Trinajstić information content (AvgIpc) is 3.03. The number of carbonyl (C=O) groups excluding carboxylic acids is 1. The Balaban J connectivity index is 1.94. The van der Waals surface area contributed by atoms with Gasteiger partial charge in [-0.3, -0.25) is 10.1 Å². The molecule has 8 heteroatoms. The molecule has 28 heavy (non-hydrogen) atoms. The van der Waals surface area contributed by atoms with Crippen LogP contribution in [-0.2, 0) is 9.53 Å². The molecule has 0 bridgehead atoms. The molecule has 0 aromatic heterocycles. The van der Waals surface area contributed by atoms with Crippen molar-refractivity contribution in [3.05, 3.63) is 68.9 Å². The van der Waals surface area contributed by atoms with E-state index in [2.05, 4.69) is 4.99 Å². The summed E-state index contributed by atoms with van der Waals surface area (Å²) in [4.78, 5) is 27.0. The van der Waals surface area contributed by atoms with Gasteiger partial charge in [-0.1, -0.05) is 12.1 Å². The highest BCUT2D eigenvalue weighted by atomic mass is 16.6. The second-order valence-electron chi connectivity index (χ2n) is 5.94. The van der Waals surface area contributed by atoms with E-state index in [9.17, 15) is 14.9 Å². The summed E-state index contributed by atoms with van der Waals surface area (Å²) in [7, 11) is 1.53. The Bertz CT molecular complexity index is 1010. The number of ether oxygens (including phenoxy) is 3. The third-order valence-corrected chi connectivity index (χ3v) is 4.06. The predicted octanol–water partition coefficient (Wildman–Crippen LogP) is 3.66. The van der Waals surface area contributed by atoms with Crippen LogP contribution in [0, 0.1) is 17.0 Å². The molecule has 0 aliphatic carbocycles. The van der Waals surface area contributed by atoms with Crippen molar-refractivity contribution < 1.29 is 23.9 Å². The van der Waals surface area contributed by atoms with Crippen LogP contribution in [0.25, 0.3) is 6.08 Å². The number of cyclic esters (lactones) is 1. The average molecular weight is 382 g/mol. The molecule has 1 aliphatic heterocycles. The van der Waals surface area contributed by atoms with Crippen molar-refractivity contribution >= 4 is 23.6 Å². The van der Waals surface area contributed by atoms with E-state index < -0.39 is 10.9 Å². The fraction of sp³-hybridized carbons (Fsp3) is 0.200. The van der Waals surface area contributed by atoms with Gasteiger partial charge in [-0.15, -0.1) is 0 Å². The first-order valence-electron chi connectivity index (χ1n) is 8.51. The summed E-state index contributed by atoms with van der Waals surface area (Å²) in [5.74, 6) is 0.515. The van der Waals surface area contributed by atoms with Gasteiger partial charge in [-0.25, -0.2) is 9.79 Å². The molecular weight excluding hydrogens is 364 g/mol.